The van der Waals surface area contributed by atoms with Gasteiger partial charge in [-0.15, -0.1) is 0 Å². The summed E-state index contributed by atoms with van der Waals surface area (Å²) in [7, 11) is 0. The van der Waals surface area contributed by atoms with Crippen molar-refractivity contribution in [1.82, 2.24) is 29.7 Å². The van der Waals surface area contributed by atoms with Crippen molar-refractivity contribution in [1.29, 1.82) is 0 Å². The quantitative estimate of drug-likeness (QED) is 0.0189. The number of halogens is 1. The molecule has 0 atom stereocenters. The van der Waals surface area contributed by atoms with Crippen LogP contribution in [0.25, 0.3) is 33.7 Å². The predicted molar refractivity (Wildman–Crippen MR) is 318 cm³/mol. The van der Waals surface area contributed by atoms with E-state index < -0.39 is 5.24 Å². The van der Waals surface area contributed by atoms with Gasteiger partial charge in [-0.05, 0) is 108 Å². The van der Waals surface area contributed by atoms with Gasteiger partial charge in [-0.2, -0.15) is 4.98 Å². The average molecular weight is 1080 g/mol. The zero-order chi connectivity index (χ0) is 55.5. The number of β-amino-alcohol motifs (C(OH)–C–C–N with tert-alkyl or cyclic N) is 1. The molecular weight excluding hydrogens is 1020 g/mol. The summed E-state index contributed by atoms with van der Waals surface area (Å²) in [4.78, 5) is 60.4. The number of nitrogen functional groups attached to an aromatic ring is 1. The normalized spacial score (nSPS) is 13.9. The van der Waals surface area contributed by atoms with Gasteiger partial charge in [0.2, 0.25) is 23.0 Å². The Morgan fingerprint density at radius 1 is 0.684 bits per heavy atom. The molecule has 10 rings (SSSR count). The summed E-state index contributed by atoms with van der Waals surface area (Å²) in [5.41, 5.74) is 18.0. The summed E-state index contributed by atoms with van der Waals surface area (Å²) in [6.07, 6.45) is 14.1. The second kappa shape index (κ2) is 27.8. The van der Waals surface area contributed by atoms with Crippen LogP contribution in [0.4, 0.5) is 46.0 Å². The maximum Gasteiger partial charge on any atom is 0.330 e. The Balaban J connectivity index is 0.000000195. The summed E-state index contributed by atoms with van der Waals surface area (Å²) in [6, 6.07) is 38.0. The highest BCUT2D eigenvalue weighted by Gasteiger charge is 2.25. The molecule has 2 aromatic heterocycles. The standard InChI is InChI=1S/C32H32N6O3.C26H27N6O.C3H3ClO/c1-3-29(39)34-26-9-5-7-23(21-26)28-10-6-8-24-22-33-32(36-31(24)28)35-25-11-13-27(14-12-25)38-17-15-37(16-18-38)19-20-41-30(40)4-2;27-21-5-1-3-19(17-21)24-6-2-4-20-18-28-26(30-25(20)24)29-22-7-9-23(10-8-22)32-13-11-31(12-14-32)15-16-33;1-2-3(4)5/h3-14,21-22H,1-2,15-20H2,(H,34,39)(H,33,35,36);1,3-10,17-18,33H,11-16,27H2,(H,28,29,30);2H,1H2/q;+1;. The molecule has 17 nitrogen and oxygen atoms in total. The number of aliphatic hydroxyl groups excluding tert-OH is 1. The maximum absolute atomic E-state index is 11.8. The van der Waals surface area contributed by atoms with Crippen LogP contribution >= 0.6 is 11.6 Å². The van der Waals surface area contributed by atoms with Crippen LogP contribution in [0, 0.1) is 6.08 Å². The number of carbonyl (C=O) groups excluding carboxylic acids is 3. The second-order valence-corrected chi connectivity index (χ2v) is 18.7. The third-order valence-corrected chi connectivity index (χ3v) is 13.2. The zero-order valence-electron chi connectivity index (χ0n) is 43.7. The molecule has 5 aromatic carbocycles. The number of anilines is 8. The number of hydrogen-bond acceptors (Lipinski definition) is 16. The Labute approximate surface area is 465 Å². The van der Waals surface area contributed by atoms with Gasteiger partial charge < -0.3 is 41.3 Å². The van der Waals surface area contributed by atoms with Crippen LogP contribution in [0.2, 0.25) is 0 Å². The first-order chi connectivity index (χ1) is 38.5. The van der Waals surface area contributed by atoms with Crippen LogP contribution in [-0.2, 0) is 19.1 Å². The van der Waals surface area contributed by atoms with Crippen molar-refractivity contribution in [2.45, 2.75) is 0 Å². The van der Waals surface area contributed by atoms with Crippen LogP contribution in [-0.4, -0.2) is 131 Å². The Morgan fingerprint density at radius 2 is 1.28 bits per heavy atom. The number of benzene rings is 5. The third kappa shape index (κ3) is 15.8. The number of piperazine rings is 2. The van der Waals surface area contributed by atoms with Gasteiger partial charge in [0, 0.05) is 134 Å². The molecule has 0 bridgehead atoms. The lowest BCUT2D eigenvalue weighted by Gasteiger charge is -2.36. The Kier molecular flexibility index (Phi) is 19.8. The average Bonchev–Trinajstić information content (AvgIpc) is 3.55. The SMILES string of the molecule is C=CC(=O)Cl.C=CC(=O)Nc1cccc(-c2cccc3cnc(Nc4ccc(N5CCN(CCOC(=O)C=C)CC5)cc4)nc23)c1.Nc1cccc(C2=C[C+]=Cc3cnc(Nc4ccc(N5CCN(CCO)CC5)cc4)nc32)c1. The summed E-state index contributed by atoms with van der Waals surface area (Å²) < 4.78 is 5.09. The molecule has 402 valence electrons. The van der Waals surface area contributed by atoms with Crippen LogP contribution in [0.1, 0.15) is 16.8 Å². The molecule has 0 saturated carbocycles. The van der Waals surface area contributed by atoms with Crippen molar-refractivity contribution in [2.24, 2.45) is 0 Å². The summed E-state index contributed by atoms with van der Waals surface area (Å²) in [5, 5.41) is 19.0. The Hall–Kier alpha value is -9.09. The van der Waals surface area contributed by atoms with Gasteiger partial charge in [-0.1, -0.05) is 56.1 Å². The minimum Gasteiger partial charge on any atom is -0.461 e. The van der Waals surface area contributed by atoms with E-state index in [0.29, 0.717) is 29.9 Å². The van der Waals surface area contributed by atoms with Gasteiger partial charge in [0.1, 0.15) is 29.9 Å². The maximum atomic E-state index is 11.8. The van der Waals surface area contributed by atoms with Gasteiger partial charge in [0.25, 0.3) is 0 Å². The number of esters is 1. The summed E-state index contributed by atoms with van der Waals surface area (Å²) in [5.74, 6) is 0.405. The Bertz CT molecular complexity index is 3340. The van der Waals surface area contributed by atoms with E-state index >= 15 is 0 Å². The number of carbonyl (C=O) groups is 3. The number of allylic oxidation sites excluding steroid dienone is 3. The van der Waals surface area contributed by atoms with Gasteiger partial charge in [0.05, 0.1) is 18.3 Å². The first-order valence-electron chi connectivity index (χ1n) is 25.7. The highest BCUT2D eigenvalue weighted by atomic mass is 35.5. The first-order valence-corrected chi connectivity index (χ1v) is 26.1. The van der Waals surface area contributed by atoms with Crippen LogP contribution in [0.5, 0.6) is 0 Å². The number of nitrogens with two attached hydrogens (primary N) is 1. The van der Waals surface area contributed by atoms with Crippen molar-refractivity contribution < 1.29 is 24.2 Å². The minimum absolute atomic E-state index is 0.219. The smallest absolute Gasteiger partial charge is 0.330 e. The van der Waals surface area contributed by atoms with Crippen molar-refractivity contribution in [3.63, 3.8) is 0 Å². The summed E-state index contributed by atoms with van der Waals surface area (Å²) in [6.45, 7) is 19.6. The monoisotopic (exact) mass is 1080 g/mol. The molecule has 3 aliphatic rings. The lowest BCUT2D eigenvalue weighted by Crippen LogP contribution is -2.47. The number of fused-ring (bicyclic) bond motifs is 2. The molecule has 6 N–H and O–H groups in total. The zero-order valence-corrected chi connectivity index (χ0v) is 44.5. The van der Waals surface area contributed by atoms with E-state index in [-0.39, 0.29) is 18.5 Å². The van der Waals surface area contributed by atoms with E-state index in [1.807, 2.05) is 103 Å². The van der Waals surface area contributed by atoms with Gasteiger partial charge in [-0.3, -0.25) is 19.4 Å². The molecule has 2 fully saturated rings. The Morgan fingerprint density at radius 3 is 1.89 bits per heavy atom. The number of ether oxygens (including phenoxy) is 1. The van der Waals surface area contributed by atoms with Crippen LogP contribution in [0.3, 0.4) is 0 Å². The lowest BCUT2D eigenvalue weighted by molar-refractivity contribution is -0.138. The van der Waals surface area contributed by atoms with Crippen LogP contribution in [0.15, 0.2) is 172 Å². The molecular formula is C61H62ClN12O5+. The molecule has 0 spiro atoms. The highest BCUT2D eigenvalue weighted by molar-refractivity contribution is 6.66. The number of aromatic nitrogens is 4. The molecule has 0 unspecified atom stereocenters. The van der Waals surface area contributed by atoms with E-state index in [1.165, 1.54) is 17.8 Å². The van der Waals surface area contributed by atoms with Gasteiger partial charge >= 0.3 is 5.97 Å². The molecule has 1 amide bonds. The summed E-state index contributed by atoms with van der Waals surface area (Å²) >= 11 is 4.71. The van der Waals surface area contributed by atoms with Crippen molar-refractivity contribution in [3.8, 4) is 11.1 Å². The first kappa shape index (κ1) is 56.1. The van der Waals surface area contributed by atoms with E-state index in [1.54, 1.807) is 0 Å². The molecule has 18 heteroatoms. The van der Waals surface area contributed by atoms with E-state index in [4.69, 9.17) is 37.1 Å². The van der Waals surface area contributed by atoms with E-state index in [2.05, 4.69) is 108 Å². The fourth-order valence-electron chi connectivity index (χ4n) is 8.99. The number of nitrogens with one attached hydrogen (secondary N) is 3. The molecule has 2 aliphatic heterocycles. The lowest BCUT2D eigenvalue weighted by atomic mass is 9.95. The molecule has 79 heavy (non-hydrogen) atoms. The highest BCUT2D eigenvalue weighted by Crippen LogP contribution is 2.33. The number of aliphatic hydroxyl groups is 1. The van der Waals surface area contributed by atoms with Crippen molar-refractivity contribution >= 4 is 97.3 Å². The number of para-hydroxylation sites is 1. The molecule has 1 aliphatic carbocycles. The minimum atomic E-state index is -0.509. The molecule has 2 saturated heterocycles. The van der Waals surface area contributed by atoms with Crippen molar-refractivity contribution in [3.05, 3.63) is 195 Å². The van der Waals surface area contributed by atoms with E-state index in [0.717, 1.165) is 133 Å². The predicted octanol–water partition coefficient (Wildman–Crippen LogP) is 9.13. The topological polar surface area (TPSA) is 207 Å². The van der Waals surface area contributed by atoms with Gasteiger partial charge in [0.15, 0.2) is 5.69 Å². The molecule has 7 aromatic rings. The van der Waals surface area contributed by atoms with Crippen molar-refractivity contribution in [2.75, 3.05) is 110 Å². The fraction of sp³-hybridized carbons (Fsp3) is 0.197. The number of hydrogen-bond donors (Lipinski definition) is 5. The second-order valence-electron chi connectivity index (χ2n) is 18.3. The number of nitrogens with zero attached hydrogens (tertiary/aromatic N) is 8. The fourth-order valence-corrected chi connectivity index (χ4v) is 8.99. The molecule has 0 radical (unpaired) electrons. The number of rotatable bonds is 17. The largest absolute Gasteiger partial charge is 0.461 e. The van der Waals surface area contributed by atoms with Gasteiger partial charge in [-0.25, -0.2) is 19.7 Å². The number of amides is 1. The van der Waals surface area contributed by atoms with E-state index in [9.17, 15) is 14.4 Å². The third-order valence-electron chi connectivity index (χ3n) is 13.1. The molecule has 4 heterocycles. The van der Waals surface area contributed by atoms with Crippen LogP contribution < -0.4 is 31.5 Å².